The van der Waals surface area contributed by atoms with Crippen molar-refractivity contribution in [3.8, 4) is 0 Å². The number of amides is 2. The van der Waals surface area contributed by atoms with Gasteiger partial charge in [-0.15, -0.1) is 0 Å². The molecule has 3 heterocycles. The molecule has 1 aliphatic rings. The number of nitrogens with one attached hydrogen (secondary N) is 1. The zero-order chi connectivity index (χ0) is 13.6. The summed E-state index contributed by atoms with van der Waals surface area (Å²) in [6.45, 7) is 1.86. The van der Waals surface area contributed by atoms with Crippen molar-refractivity contribution in [2.24, 2.45) is 0 Å². The highest BCUT2D eigenvalue weighted by atomic mass is 16.2. The van der Waals surface area contributed by atoms with E-state index >= 15 is 0 Å². The van der Waals surface area contributed by atoms with E-state index in [1.165, 1.54) is 0 Å². The van der Waals surface area contributed by atoms with Crippen LogP contribution < -0.4 is 11.1 Å². The number of aromatic nitrogens is 3. The first-order valence-electron chi connectivity index (χ1n) is 6.01. The number of carbonyl (C=O) groups is 2. The molecular weight excluding hydrogens is 246 g/mol. The summed E-state index contributed by atoms with van der Waals surface area (Å²) >= 11 is 0. The van der Waals surface area contributed by atoms with Crippen molar-refractivity contribution < 1.29 is 9.59 Å². The van der Waals surface area contributed by atoms with Crippen LogP contribution in [-0.2, 0) is 9.59 Å². The Kier molecular flexibility index (Phi) is 2.48. The monoisotopic (exact) mass is 259 g/mol. The third-order valence-electron chi connectivity index (χ3n) is 3.23. The summed E-state index contributed by atoms with van der Waals surface area (Å²) in [7, 11) is 0. The summed E-state index contributed by atoms with van der Waals surface area (Å²) < 4.78 is 1.60. The quantitative estimate of drug-likeness (QED) is 0.717. The summed E-state index contributed by atoms with van der Waals surface area (Å²) in [6.07, 6.45) is 0.706. The number of rotatable bonds is 1. The van der Waals surface area contributed by atoms with Crippen LogP contribution >= 0.6 is 0 Å². The minimum Gasteiger partial charge on any atom is -0.369 e. The molecular formula is C12H13N5O2. The third kappa shape index (κ3) is 1.83. The zero-order valence-corrected chi connectivity index (χ0v) is 10.4. The van der Waals surface area contributed by atoms with E-state index in [2.05, 4.69) is 15.3 Å². The predicted molar refractivity (Wildman–Crippen MR) is 68.1 cm³/mol. The molecule has 0 aliphatic carbocycles. The van der Waals surface area contributed by atoms with Gasteiger partial charge in [-0.2, -0.15) is 0 Å². The highest BCUT2D eigenvalue weighted by Crippen LogP contribution is 2.26. The van der Waals surface area contributed by atoms with Crippen LogP contribution in [0.15, 0.2) is 12.1 Å². The van der Waals surface area contributed by atoms with Gasteiger partial charge in [-0.25, -0.2) is 9.97 Å². The van der Waals surface area contributed by atoms with Gasteiger partial charge in [0.05, 0.1) is 0 Å². The number of imide groups is 1. The maximum Gasteiger partial charge on any atom is 0.249 e. The molecule has 7 heteroatoms. The number of imidazole rings is 1. The highest BCUT2D eigenvalue weighted by Gasteiger charge is 2.31. The largest absolute Gasteiger partial charge is 0.369 e. The van der Waals surface area contributed by atoms with Gasteiger partial charge >= 0.3 is 0 Å². The lowest BCUT2D eigenvalue weighted by molar-refractivity contribution is -0.135. The van der Waals surface area contributed by atoms with Gasteiger partial charge in [0.1, 0.15) is 11.6 Å². The fraction of sp³-hybridized carbons (Fsp3) is 0.333. The Bertz CT molecular complexity index is 691. The lowest BCUT2D eigenvalue weighted by atomic mass is 10.1. The molecule has 0 radical (unpaired) electrons. The normalized spacial score (nSPS) is 19.7. The molecule has 0 saturated carbocycles. The van der Waals surface area contributed by atoms with Crippen LogP contribution in [0.4, 0.5) is 5.95 Å². The number of nitrogen functional groups attached to an aromatic ring is 1. The number of pyridine rings is 1. The Morgan fingerprint density at radius 1 is 1.37 bits per heavy atom. The summed E-state index contributed by atoms with van der Waals surface area (Å²) in [5.41, 5.74) is 7.92. The number of hydrogen-bond acceptors (Lipinski definition) is 5. The number of anilines is 1. The Labute approximate surface area is 108 Å². The van der Waals surface area contributed by atoms with Crippen LogP contribution in [0.1, 0.15) is 24.6 Å². The molecule has 19 heavy (non-hydrogen) atoms. The Balaban J connectivity index is 2.14. The number of piperidine rings is 1. The minimum absolute atomic E-state index is 0.239. The Hall–Kier alpha value is -2.44. The van der Waals surface area contributed by atoms with Gasteiger partial charge in [0.2, 0.25) is 17.8 Å². The molecule has 1 atom stereocenters. The van der Waals surface area contributed by atoms with Crippen LogP contribution in [-0.4, -0.2) is 26.3 Å². The van der Waals surface area contributed by atoms with Gasteiger partial charge in [0, 0.05) is 12.1 Å². The van der Waals surface area contributed by atoms with Crippen molar-refractivity contribution in [3.05, 3.63) is 17.8 Å². The Morgan fingerprint density at radius 2 is 2.16 bits per heavy atom. The molecule has 3 rings (SSSR count). The van der Waals surface area contributed by atoms with Crippen LogP contribution in [0.3, 0.4) is 0 Å². The third-order valence-corrected chi connectivity index (χ3v) is 3.23. The number of nitrogens with two attached hydrogens (primary N) is 1. The molecule has 0 spiro atoms. The minimum atomic E-state index is -0.531. The van der Waals surface area contributed by atoms with Crippen LogP contribution in [0.25, 0.3) is 11.2 Å². The molecule has 2 amide bonds. The number of nitrogens with zero attached hydrogens (tertiary/aromatic N) is 3. The second kappa shape index (κ2) is 4.04. The van der Waals surface area contributed by atoms with Crippen molar-refractivity contribution in [3.63, 3.8) is 0 Å². The molecule has 0 bridgehead atoms. The molecule has 7 nitrogen and oxygen atoms in total. The van der Waals surface area contributed by atoms with Gasteiger partial charge in [-0.3, -0.25) is 19.5 Å². The van der Waals surface area contributed by atoms with Crippen LogP contribution in [0.5, 0.6) is 0 Å². The fourth-order valence-corrected chi connectivity index (χ4v) is 2.32. The topological polar surface area (TPSA) is 103 Å². The van der Waals surface area contributed by atoms with Gasteiger partial charge < -0.3 is 5.73 Å². The smallest absolute Gasteiger partial charge is 0.249 e. The van der Waals surface area contributed by atoms with Crippen LogP contribution in [0, 0.1) is 6.92 Å². The molecule has 1 unspecified atom stereocenters. The fourth-order valence-electron chi connectivity index (χ4n) is 2.32. The van der Waals surface area contributed by atoms with E-state index in [9.17, 15) is 9.59 Å². The van der Waals surface area contributed by atoms with E-state index in [-0.39, 0.29) is 17.8 Å². The van der Waals surface area contributed by atoms with Crippen molar-refractivity contribution in [2.75, 3.05) is 5.73 Å². The summed E-state index contributed by atoms with van der Waals surface area (Å²) in [5.74, 6) is -0.374. The van der Waals surface area contributed by atoms with Crippen molar-refractivity contribution in [2.45, 2.75) is 25.8 Å². The number of hydrogen-bond donors (Lipinski definition) is 2. The van der Waals surface area contributed by atoms with Gasteiger partial charge in [0.15, 0.2) is 5.65 Å². The van der Waals surface area contributed by atoms with E-state index in [0.717, 1.165) is 5.69 Å². The van der Waals surface area contributed by atoms with Crippen molar-refractivity contribution in [1.82, 2.24) is 19.9 Å². The molecule has 3 N–H and O–H groups in total. The molecule has 0 aromatic carbocycles. The Morgan fingerprint density at radius 3 is 2.89 bits per heavy atom. The predicted octanol–water partition coefficient (Wildman–Crippen LogP) is 0.300. The molecule has 2 aromatic rings. The van der Waals surface area contributed by atoms with E-state index in [1.807, 2.05) is 19.1 Å². The van der Waals surface area contributed by atoms with Gasteiger partial charge in [0.25, 0.3) is 0 Å². The maximum absolute atomic E-state index is 11.9. The molecule has 1 fully saturated rings. The summed E-state index contributed by atoms with van der Waals surface area (Å²) in [5, 5.41) is 2.31. The summed E-state index contributed by atoms with van der Waals surface area (Å²) in [6, 6.07) is 3.12. The highest BCUT2D eigenvalue weighted by molar-refractivity contribution is 6.00. The summed E-state index contributed by atoms with van der Waals surface area (Å²) in [4.78, 5) is 31.7. The van der Waals surface area contributed by atoms with Crippen molar-refractivity contribution in [1.29, 1.82) is 0 Å². The first kappa shape index (κ1) is 11.6. The molecule has 1 aliphatic heterocycles. The maximum atomic E-state index is 11.9. The van der Waals surface area contributed by atoms with E-state index < -0.39 is 6.04 Å². The second-order valence-corrected chi connectivity index (χ2v) is 4.60. The average Bonchev–Trinajstić information content (AvgIpc) is 2.65. The van der Waals surface area contributed by atoms with Crippen LogP contribution in [0.2, 0.25) is 0 Å². The second-order valence-electron chi connectivity index (χ2n) is 4.60. The lowest BCUT2D eigenvalue weighted by Crippen LogP contribution is -2.42. The lowest BCUT2D eigenvalue weighted by Gasteiger charge is -2.22. The van der Waals surface area contributed by atoms with Gasteiger partial charge in [-0.05, 0) is 25.5 Å². The molecule has 2 aromatic heterocycles. The number of aryl methyl sites for hydroxylation is 1. The van der Waals surface area contributed by atoms with Gasteiger partial charge in [-0.1, -0.05) is 0 Å². The SMILES string of the molecule is Cc1ccc2nc(N)n(C3CCC(=O)NC3=O)c2n1. The zero-order valence-electron chi connectivity index (χ0n) is 10.4. The van der Waals surface area contributed by atoms with Crippen molar-refractivity contribution >= 4 is 28.9 Å². The molecule has 1 saturated heterocycles. The number of fused-ring (bicyclic) bond motifs is 1. The standard InChI is InChI=1S/C12H13N5O2/c1-6-2-3-7-10(14-6)17(12(13)15-7)8-4-5-9(18)16-11(8)19/h2-3,8H,4-5H2,1H3,(H2,13,15)(H,16,18,19). The first-order chi connectivity index (χ1) is 9.06. The molecule has 98 valence electrons. The van der Waals surface area contributed by atoms with E-state index in [0.29, 0.717) is 24.0 Å². The van der Waals surface area contributed by atoms with E-state index in [1.54, 1.807) is 4.57 Å². The number of carbonyl (C=O) groups excluding carboxylic acids is 2. The average molecular weight is 259 g/mol. The first-order valence-corrected chi connectivity index (χ1v) is 6.01. The van der Waals surface area contributed by atoms with E-state index in [4.69, 9.17) is 5.73 Å².